The lowest BCUT2D eigenvalue weighted by atomic mass is 10.1. The molecule has 1 amide bonds. The van der Waals surface area contributed by atoms with Gasteiger partial charge in [-0.1, -0.05) is 43.3 Å². The quantitative estimate of drug-likeness (QED) is 0.671. The summed E-state index contributed by atoms with van der Waals surface area (Å²) >= 11 is 0. The molecule has 2 aromatic rings. The molecular formula is C18H23N3O3S. The third-order valence-electron chi connectivity index (χ3n) is 3.58. The number of amides is 1. The van der Waals surface area contributed by atoms with Crippen molar-refractivity contribution in [1.82, 2.24) is 5.32 Å². The molecule has 0 bridgehead atoms. The van der Waals surface area contributed by atoms with E-state index in [1.54, 1.807) is 25.1 Å². The van der Waals surface area contributed by atoms with Crippen LogP contribution in [0.2, 0.25) is 0 Å². The standard InChI is InChI=1S/C18H23N3O3S/c1-2-11-25(23,24)21-16-10-6-9-15(12-16)18(22)20-13-17(19)14-7-4-3-5-8-14/h3-10,12,17,21H,2,11,13,19H2,1H3,(H,20,22). The van der Waals surface area contributed by atoms with Gasteiger partial charge in [-0.15, -0.1) is 0 Å². The summed E-state index contributed by atoms with van der Waals surface area (Å²) in [5, 5.41) is 2.77. The van der Waals surface area contributed by atoms with E-state index in [4.69, 9.17) is 5.73 Å². The number of carbonyl (C=O) groups excluding carboxylic acids is 1. The molecule has 25 heavy (non-hydrogen) atoms. The third kappa shape index (κ3) is 5.88. The van der Waals surface area contributed by atoms with E-state index in [9.17, 15) is 13.2 Å². The highest BCUT2D eigenvalue weighted by Crippen LogP contribution is 2.14. The predicted molar refractivity (Wildman–Crippen MR) is 99.8 cm³/mol. The average Bonchev–Trinajstić information content (AvgIpc) is 2.59. The van der Waals surface area contributed by atoms with E-state index in [1.807, 2.05) is 30.3 Å². The number of sulfonamides is 1. The van der Waals surface area contributed by atoms with Gasteiger partial charge in [-0.3, -0.25) is 9.52 Å². The summed E-state index contributed by atoms with van der Waals surface area (Å²) in [6.45, 7) is 2.08. The van der Waals surface area contributed by atoms with Crippen molar-refractivity contribution < 1.29 is 13.2 Å². The lowest BCUT2D eigenvalue weighted by Crippen LogP contribution is -2.31. The van der Waals surface area contributed by atoms with Crippen LogP contribution < -0.4 is 15.8 Å². The van der Waals surface area contributed by atoms with Gasteiger partial charge in [0, 0.05) is 23.8 Å². The van der Waals surface area contributed by atoms with E-state index in [0.717, 1.165) is 5.56 Å². The first-order valence-electron chi connectivity index (χ1n) is 8.10. The normalized spacial score (nSPS) is 12.4. The molecule has 1 unspecified atom stereocenters. The fourth-order valence-electron chi connectivity index (χ4n) is 2.35. The van der Waals surface area contributed by atoms with Crippen LogP contribution in [-0.2, 0) is 10.0 Å². The molecule has 134 valence electrons. The summed E-state index contributed by atoms with van der Waals surface area (Å²) in [5.74, 6) is -0.266. The van der Waals surface area contributed by atoms with Crippen LogP contribution in [0.3, 0.4) is 0 Å². The molecule has 7 heteroatoms. The first kappa shape index (κ1) is 19.0. The Balaban J connectivity index is 1.99. The number of carbonyl (C=O) groups is 1. The molecule has 0 aliphatic rings. The summed E-state index contributed by atoms with van der Waals surface area (Å²) < 4.78 is 26.1. The van der Waals surface area contributed by atoms with Crippen molar-refractivity contribution in [3.8, 4) is 0 Å². The van der Waals surface area contributed by atoms with Crippen LogP contribution in [0.5, 0.6) is 0 Å². The summed E-state index contributed by atoms with van der Waals surface area (Å²) in [5.41, 5.74) is 7.74. The Morgan fingerprint density at radius 2 is 1.84 bits per heavy atom. The molecule has 0 aliphatic carbocycles. The number of hydrogen-bond donors (Lipinski definition) is 3. The molecule has 0 radical (unpaired) electrons. The zero-order chi connectivity index (χ0) is 18.3. The Labute approximate surface area is 148 Å². The summed E-state index contributed by atoms with van der Waals surface area (Å²) in [6.07, 6.45) is 0.521. The van der Waals surface area contributed by atoms with Crippen molar-refractivity contribution in [1.29, 1.82) is 0 Å². The Morgan fingerprint density at radius 3 is 2.52 bits per heavy atom. The summed E-state index contributed by atoms with van der Waals surface area (Å²) in [7, 11) is -3.39. The second-order valence-corrected chi connectivity index (χ2v) is 7.57. The van der Waals surface area contributed by atoms with Crippen molar-refractivity contribution in [2.75, 3.05) is 17.0 Å². The molecule has 1 atom stereocenters. The molecular weight excluding hydrogens is 338 g/mol. The maximum atomic E-state index is 12.3. The molecule has 0 spiro atoms. The number of anilines is 1. The zero-order valence-electron chi connectivity index (χ0n) is 14.1. The largest absolute Gasteiger partial charge is 0.350 e. The van der Waals surface area contributed by atoms with Crippen LogP contribution in [0, 0.1) is 0 Å². The molecule has 2 aromatic carbocycles. The number of nitrogens with two attached hydrogens (primary N) is 1. The van der Waals surface area contributed by atoms with Gasteiger partial charge < -0.3 is 11.1 Å². The van der Waals surface area contributed by atoms with Crippen molar-refractivity contribution >= 4 is 21.6 Å². The summed E-state index contributed by atoms with van der Waals surface area (Å²) in [6, 6.07) is 15.6. The molecule has 6 nitrogen and oxygen atoms in total. The van der Waals surface area contributed by atoms with E-state index in [-0.39, 0.29) is 24.2 Å². The first-order chi connectivity index (χ1) is 11.9. The second kappa shape index (κ2) is 8.64. The van der Waals surface area contributed by atoms with Crippen molar-refractivity contribution in [2.24, 2.45) is 5.73 Å². The maximum Gasteiger partial charge on any atom is 0.251 e. The van der Waals surface area contributed by atoms with Crippen LogP contribution in [0.15, 0.2) is 54.6 Å². The van der Waals surface area contributed by atoms with Gasteiger partial charge in [-0.05, 0) is 30.2 Å². The van der Waals surface area contributed by atoms with Crippen molar-refractivity contribution in [3.05, 3.63) is 65.7 Å². The second-order valence-electron chi connectivity index (χ2n) is 5.73. The molecule has 4 N–H and O–H groups in total. The summed E-state index contributed by atoms with van der Waals surface area (Å²) in [4.78, 5) is 12.3. The van der Waals surface area contributed by atoms with Crippen molar-refractivity contribution in [2.45, 2.75) is 19.4 Å². The van der Waals surface area contributed by atoms with Gasteiger partial charge in [-0.2, -0.15) is 0 Å². The molecule has 0 saturated heterocycles. The van der Waals surface area contributed by atoms with Gasteiger partial charge in [0.15, 0.2) is 0 Å². The average molecular weight is 361 g/mol. The number of rotatable bonds is 8. The van der Waals surface area contributed by atoms with E-state index in [1.165, 1.54) is 6.07 Å². The van der Waals surface area contributed by atoms with Crippen LogP contribution in [0.1, 0.15) is 35.3 Å². The minimum atomic E-state index is -3.39. The fourth-order valence-corrected chi connectivity index (χ4v) is 3.47. The van der Waals surface area contributed by atoms with Crippen LogP contribution in [0.4, 0.5) is 5.69 Å². The Hall–Kier alpha value is -2.38. The zero-order valence-corrected chi connectivity index (χ0v) is 14.9. The minimum absolute atomic E-state index is 0.0371. The topological polar surface area (TPSA) is 101 Å². The highest BCUT2D eigenvalue weighted by atomic mass is 32.2. The van der Waals surface area contributed by atoms with Gasteiger partial charge in [-0.25, -0.2) is 8.42 Å². The molecule has 0 heterocycles. The van der Waals surface area contributed by atoms with E-state index < -0.39 is 10.0 Å². The lowest BCUT2D eigenvalue weighted by molar-refractivity contribution is 0.0951. The Bertz CT molecular complexity index is 807. The molecule has 0 fully saturated rings. The number of hydrogen-bond acceptors (Lipinski definition) is 4. The lowest BCUT2D eigenvalue weighted by Gasteiger charge is -2.14. The molecule has 0 aliphatic heterocycles. The first-order valence-corrected chi connectivity index (χ1v) is 9.76. The Morgan fingerprint density at radius 1 is 1.12 bits per heavy atom. The minimum Gasteiger partial charge on any atom is -0.350 e. The van der Waals surface area contributed by atoms with Gasteiger partial charge in [0.25, 0.3) is 5.91 Å². The van der Waals surface area contributed by atoms with E-state index in [2.05, 4.69) is 10.0 Å². The molecule has 2 rings (SSSR count). The molecule has 0 aromatic heterocycles. The van der Waals surface area contributed by atoms with Crippen LogP contribution in [0.25, 0.3) is 0 Å². The predicted octanol–water partition coefficient (Wildman–Crippen LogP) is 2.27. The van der Waals surface area contributed by atoms with Crippen LogP contribution in [-0.4, -0.2) is 26.6 Å². The van der Waals surface area contributed by atoms with Gasteiger partial charge >= 0.3 is 0 Å². The number of benzene rings is 2. The molecule has 0 saturated carbocycles. The monoisotopic (exact) mass is 361 g/mol. The highest BCUT2D eigenvalue weighted by Gasteiger charge is 2.12. The van der Waals surface area contributed by atoms with Crippen molar-refractivity contribution in [3.63, 3.8) is 0 Å². The SMILES string of the molecule is CCCS(=O)(=O)Nc1cccc(C(=O)NCC(N)c2ccccc2)c1. The van der Waals surface area contributed by atoms with E-state index >= 15 is 0 Å². The van der Waals surface area contributed by atoms with Gasteiger partial charge in [0.1, 0.15) is 0 Å². The van der Waals surface area contributed by atoms with E-state index in [0.29, 0.717) is 17.7 Å². The maximum absolute atomic E-state index is 12.3. The van der Waals surface area contributed by atoms with Gasteiger partial charge in [0.2, 0.25) is 10.0 Å². The smallest absolute Gasteiger partial charge is 0.251 e. The van der Waals surface area contributed by atoms with Crippen LogP contribution >= 0.6 is 0 Å². The number of nitrogens with one attached hydrogen (secondary N) is 2. The highest BCUT2D eigenvalue weighted by molar-refractivity contribution is 7.92. The Kier molecular flexibility index (Phi) is 6.55. The van der Waals surface area contributed by atoms with Gasteiger partial charge in [0.05, 0.1) is 5.75 Å². The third-order valence-corrected chi connectivity index (χ3v) is 5.07. The fraction of sp³-hybridized carbons (Fsp3) is 0.278.